The maximum atomic E-state index is 13.2. The van der Waals surface area contributed by atoms with Crippen LogP contribution in [0.25, 0.3) is 0 Å². The highest BCUT2D eigenvalue weighted by Gasteiger charge is 2.23. The van der Waals surface area contributed by atoms with E-state index in [2.05, 4.69) is 14.6 Å². The monoisotopic (exact) mass is 470 g/mol. The molecule has 0 atom stereocenters. The number of hydrogen-bond donors (Lipinski definition) is 1. The predicted octanol–water partition coefficient (Wildman–Crippen LogP) is 3.91. The summed E-state index contributed by atoms with van der Waals surface area (Å²) < 4.78 is 28.3. The van der Waals surface area contributed by atoms with Crippen molar-refractivity contribution in [3.63, 3.8) is 0 Å². The number of aromatic nitrogens is 1. The summed E-state index contributed by atoms with van der Waals surface area (Å²) in [5, 5.41) is 3.01. The first-order valence-corrected chi connectivity index (χ1v) is 12.8. The molecule has 1 N–H and O–H groups in total. The molecule has 9 heteroatoms. The Hall–Kier alpha value is -2.91. The van der Waals surface area contributed by atoms with Gasteiger partial charge in [-0.05, 0) is 50.6 Å². The van der Waals surface area contributed by atoms with Gasteiger partial charge < -0.3 is 9.80 Å². The van der Waals surface area contributed by atoms with Crippen LogP contribution in [-0.4, -0.2) is 50.4 Å². The highest BCUT2D eigenvalue weighted by atomic mass is 32.2. The summed E-state index contributed by atoms with van der Waals surface area (Å²) in [6.07, 6.45) is 0.831. The normalized spacial score (nSPS) is 14.8. The molecule has 168 valence electrons. The molecular weight excluding hydrogens is 444 g/mol. The number of nitrogens with zero attached hydrogens (tertiary/aromatic N) is 3. The zero-order valence-electron chi connectivity index (χ0n) is 18.1. The number of rotatable bonds is 5. The lowest BCUT2D eigenvalue weighted by Crippen LogP contribution is -2.35. The number of nitrogens with one attached hydrogen (secondary N) is 1. The van der Waals surface area contributed by atoms with Crippen LogP contribution in [-0.2, 0) is 10.0 Å². The fourth-order valence-corrected chi connectivity index (χ4v) is 5.57. The summed E-state index contributed by atoms with van der Waals surface area (Å²) >= 11 is 1.62. The Morgan fingerprint density at radius 2 is 1.81 bits per heavy atom. The second-order valence-electron chi connectivity index (χ2n) is 7.90. The van der Waals surface area contributed by atoms with E-state index >= 15 is 0 Å². The van der Waals surface area contributed by atoms with Crippen LogP contribution in [0.15, 0.2) is 58.8 Å². The molecule has 1 saturated heterocycles. The van der Waals surface area contributed by atoms with Gasteiger partial charge in [0.1, 0.15) is 0 Å². The fourth-order valence-electron chi connectivity index (χ4n) is 3.61. The number of sulfonamides is 1. The Kier molecular flexibility index (Phi) is 6.48. The van der Waals surface area contributed by atoms with E-state index in [9.17, 15) is 13.2 Å². The summed E-state index contributed by atoms with van der Waals surface area (Å²) in [5.41, 5.74) is 2.90. The molecule has 0 aliphatic carbocycles. The van der Waals surface area contributed by atoms with Gasteiger partial charge in [-0.3, -0.25) is 9.52 Å². The Bertz CT molecular complexity index is 1210. The highest BCUT2D eigenvalue weighted by molar-refractivity contribution is 7.92. The van der Waals surface area contributed by atoms with E-state index in [-0.39, 0.29) is 10.8 Å². The van der Waals surface area contributed by atoms with Crippen molar-refractivity contribution in [1.29, 1.82) is 0 Å². The van der Waals surface area contributed by atoms with Crippen LogP contribution in [0.1, 0.15) is 28.0 Å². The number of hydrogen-bond acceptors (Lipinski definition) is 6. The molecule has 7 nitrogen and oxygen atoms in total. The molecule has 0 spiro atoms. The molecule has 1 fully saturated rings. The lowest BCUT2D eigenvalue weighted by atomic mass is 10.2. The van der Waals surface area contributed by atoms with Gasteiger partial charge in [0.25, 0.3) is 15.9 Å². The first-order valence-electron chi connectivity index (χ1n) is 10.5. The molecule has 2 aromatic carbocycles. The Labute approximate surface area is 192 Å². The Balaban J connectivity index is 1.47. The zero-order chi connectivity index (χ0) is 22.7. The van der Waals surface area contributed by atoms with Crippen molar-refractivity contribution in [2.75, 3.05) is 35.8 Å². The minimum atomic E-state index is -3.80. The average Bonchev–Trinajstić information content (AvgIpc) is 3.06. The van der Waals surface area contributed by atoms with Crippen LogP contribution < -0.4 is 9.62 Å². The SMILES string of the molecule is Cc1ccc(NS(=O)(=O)c2cccc(C(=O)N3CCCN(c4nc(C)cs4)CC3)c2)cc1. The Morgan fingerprint density at radius 3 is 2.53 bits per heavy atom. The second kappa shape index (κ2) is 9.30. The molecule has 0 radical (unpaired) electrons. The van der Waals surface area contributed by atoms with Crippen molar-refractivity contribution in [3.05, 3.63) is 70.7 Å². The van der Waals surface area contributed by atoms with E-state index in [0.717, 1.165) is 29.4 Å². The van der Waals surface area contributed by atoms with Gasteiger partial charge in [0.2, 0.25) is 0 Å². The number of amides is 1. The highest BCUT2D eigenvalue weighted by Crippen LogP contribution is 2.23. The average molecular weight is 471 g/mol. The van der Waals surface area contributed by atoms with E-state index in [1.54, 1.807) is 40.5 Å². The van der Waals surface area contributed by atoms with Crippen LogP contribution in [0.2, 0.25) is 0 Å². The van der Waals surface area contributed by atoms with Crippen LogP contribution in [0.5, 0.6) is 0 Å². The molecule has 0 saturated carbocycles. The minimum absolute atomic E-state index is 0.0682. The molecular formula is C23H26N4O3S2. The Morgan fingerprint density at radius 1 is 1.03 bits per heavy atom. The summed E-state index contributed by atoms with van der Waals surface area (Å²) in [4.78, 5) is 21.8. The number of benzene rings is 2. The molecule has 1 aliphatic heterocycles. The summed E-state index contributed by atoms with van der Waals surface area (Å²) in [6.45, 7) is 6.64. The van der Waals surface area contributed by atoms with E-state index in [1.807, 2.05) is 31.4 Å². The lowest BCUT2D eigenvalue weighted by Gasteiger charge is -2.22. The number of thiazole rings is 1. The molecule has 0 unspecified atom stereocenters. The molecule has 1 aromatic heterocycles. The molecule has 2 heterocycles. The predicted molar refractivity (Wildman–Crippen MR) is 128 cm³/mol. The van der Waals surface area contributed by atoms with Crippen LogP contribution in [0.3, 0.4) is 0 Å². The van der Waals surface area contributed by atoms with E-state index < -0.39 is 10.0 Å². The number of carbonyl (C=O) groups excluding carboxylic acids is 1. The fraction of sp³-hybridized carbons (Fsp3) is 0.304. The third kappa shape index (κ3) is 5.11. The molecule has 0 bridgehead atoms. The van der Waals surface area contributed by atoms with Crippen molar-refractivity contribution in [2.45, 2.75) is 25.2 Å². The lowest BCUT2D eigenvalue weighted by molar-refractivity contribution is 0.0766. The quantitative estimate of drug-likeness (QED) is 0.611. The van der Waals surface area contributed by atoms with E-state index in [4.69, 9.17) is 0 Å². The first-order chi connectivity index (χ1) is 15.3. The molecule has 32 heavy (non-hydrogen) atoms. The van der Waals surface area contributed by atoms with Gasteiger partial charge in [0, 0.05) is 42.8 Å². The van der Waals surface area contributed by atoms with Gasteiger partial charge >= 0.3 is 0 Å². The first kappa shape index (κ1) is 22.3. The van der Waals surface area contributed by atoms with Crippen molar-refractivity contribution < 1.29 is 13.2 Å². The van der Waals surface area contributed by atoms with Crippen LogP contribution in [0, 0.1) is 13.8 Å². The van der Waals surface area contributed by atoms with Crippen molar-refractivity contribution in [1.82, 2.24) is 9.88 Å². The van der Waals surface area contributed by atoms with E-state index in [0.29, 0.717) is 30.9 Å². The minimum Gasteiger partial charge on any atom is -0.346 e. The third-order valence-electron chi connectivity index (χ3n) is 5.36. The van der Waals surface area contributed by atoms with Gasteiger partial charge in [-0.2, -0.15) is 0 Å². The molecule has 1 amide bonds. The van der Waals surface area contributed by atoms with Gasteiger partial charge in [-0.15, -0.1) is 11.3 Å². The summed E-state index contributed by atoms with van der Waals surface area (Å²) in [7, 11) is -3.80. The maximum Gasteiger partial charge on any atom is 0.261 e. The topological polar surface area (TPSA) is 82.6 Å². The molecule has 3 aromatic rings. The number of carbonyl (C=O) groups is 1. The van der Waals surface area contributed by atoms with Gasteiger partial charge in [-0.1, -0.05) is 23.8 Å². The molecule has 1 aliphatic rings. The maximum absolute atomic E-state index is 13.2. The van der Waals surface area contributed by atoms with E-state index in [1.165, 1.54) is 12.1 Å². The summed E-state index contributed by atoms with van der Waals surface area (Å²) in [5.74, 6) is -0.158. The van der Waals surface area contributed by atoms with Crippen molar-refractivity contribution in [2.24, 2.45) is 0 Å². The number of aryl methyl sites for hydroxylation is 2. The largest absolute Gasteiger partial charge is 0.346 e. The standard InChI is InChI=1S/C23H26N4O3S2/c1-17-7-9-20(10-8-17)25-32(29,30)21-6-3-5-19(15-21)22(28)26-11-4-12-27(14-13-26)23-24-18(2)16-31-23/h3,5-10,15-16,25H,4,11-14H2,1-2H3. The smallest absolute Gasteiger partial charge is 0.261 e. The van der Waals surface area contributed by atoms with Crippen molar-refractivity contribution in [3.8, 4) is 0 Å². The van der Waals surface area contributed by atoms with Gasteiger partial charge in [-0.25, -0.2) is 13.4 Å². The molecule has 4 rings (SSSR count). The van der Waals surface area contributed by atoms with Crippen LogP contribution in [0.4, 0.5) is 10.8 Å². The number of anilines is 2. The van der Waals surface area contributed by atoms with Gasteiger partial charge in [0.15, 0.2) is 5.13 Å². The van der Waals surface area contributed by atoms with Crippen LogP contribution >= 0.6 is 11.3 Å². The summed E-state index contributed by atoms with van der Waals surface area (Å²) in [6, 6.07) is 13.3. The van der Waals surface area contributed by atoms with Gasteiger partial charge in [0.05, 0.1) is 10.6 Å². The second-order valence-corrected chi connectivity index (χ2v) is 10.4. The van der Waals surface area contributed by atoms with Crippen molar-refractivity contribution >= 4 is 38.1 Å². The zero-order valence-corrected chi connectivity index (χ0v) is 19.7. The third-order valence-corrected chi connectivity index (χ3v) is 7.75.